The molecule has 1 amide bonds. The smallest absolute Gasteiger partial charge is 0.339 e. The van der Waals surface area contributed by atoms with E-state index in [9.17, 15) is 18.0 Å². The summed E-state index contributed by atoms with van der Waals surface area (Å²) in [6.45, 7) is 0.934. The lowest BCUT2D eigenvalue weighted by Gasteiger charge is -2.32. The van der Waals surface area contributed by atoms with Gasteiger partial charge in [-0.2, -0.15) is 13.2 Å². The highest BCUT2D eigenvalue weighted by Crippen LogP contribution is 2.34. The third-order valence-corrected chi connectivity index (χ3v) is 4.74. The molecular formula is C21H20F3NO. The van der Waals surface area contributed by atoms with Crippen molar-refractivity contribution in [2.45, 2.75) is 24.9 Å². The minimum Gasteiger partial charge on any atom is -0.339 e. The van der Waals surface area contributed by atoms with Crippen LogP contribution >= 0.6 is 0 Å². The molecule has 0 bridgehead atoms. The topological polar surface area (TPSA) is 20.3 Å². The molecule has 1 aliphatic rings. The number of benzene rings is 2. The minimum atomic E-state index is -4.57. The second-order valence-corrected chi connectivity index (χ2v) is 6.43. The lowest BCUT2D eigenvalue weighted by molar-refractivity contribution is -0.127. The number of alkyl halides is 3. The van der Waals surface area contributed by atoms with Gasteiger partial charge >= 0.3 is 6.18 Å². The molecule has 136 valence electrons. The quantitative estimate of drug-likeness (QED) is 0.703. The molecule has 0 N–H and O–H groups in total. The summed E-state index contributed by atoms with van der Waals surface area (Å²) >= 11 is 0. The molecule has 0 aliphatic carbocycles. The fourth-order valence-corrected chi connectivity index (χ4v) is 3.32. The fraction of sp³-hybridized carbons (Fsp3) is 0.286. The molecule has 3 rings (SSSR count). The Labute approximate surface area is 150 Å². The molecule has 0 spiro atoms. The van der Waals surface area contributed by atoms with E-state index in [2.05, 4.69) is 12.1 Å². The second kappa shape index (κ2) is 7.77. The number of rotatable bonds is 3. The van der Waals surface area contributed by atoms with Crippen LogP contribution in [-0.2, 0) is 4.79 Å². The molecule has 0 aromatic heterocycles. The maximum atomic E-state index is 13.4. The van der Waals surface area contributed by atoms with Crippen LogP contribution in [0.25, 0.3) is 5.57 Å². The number of hydrogen-bond donors (Lipinski definition) is 0. The number of allylic oxidation sites excluding steroid dienone is 1. The third kappa shape index (κ3) is 4.34. The number of amides is 1. The first kappa shape index (κ1) is 18.2. The lowest BCUT2D eigenvalue weighted by atomic mass is 9.89. The van der Waals surface area contributed by atoms with Gasteiger partial charge in [-0.1, -0.05) is 60.7 Å². The number of piperidine rings is 1. The summed E-state index contributed by atoms with van der Waals surface area (Å²) in [5.74, 6) is -0.229. The van der Waals surface area contributed by atoms with Gasteiger partial charge in [0, 0.05) is 19.2 Å². The van der Waals surface area contributed by atoms with Crippen LogP contribution < -0.4 is 0 Å². The van der Waals surface area contributed by atoms with Crippen LogP contribution in [0, 0.1) is 0 Å². The molecule has 1 aliphatic heterocycles. The standard InChI is InChI=1S/C21H20F3NO/c22-21(23,24)19(18-9-5-2-6-10-18)15-20(26)25-13-11-17(12-14-25)16-7-3-1-4-8-16/h1-10,15,17H,11-14H2/b19-15+. The van der Waals surface area contributed by atoms with Crippen LogP contribution in [0.3, 0.4) is 0 Å². The highest BCUT2D eigenvalue weighted by atomic mass is 19.4. The van der Waals surface area contributed by atoms with E-state index in [1.54, 1.807) is 6.07 Å². The van der Waals surface area contributed by atoms with Crippen molar-refractivity contribution in [2.75, 3.05) is 13.1 Å². The van der Waals surface area contributed by atoms with Crippen LogP contribution in [0.2, 0.25) is 0 Å². The van der Waals surface area contributed by atoms with Crippen LogP contribution in [0.4, 0.5) is 13.2 Å². The number of carbonyl (C=O) groups excluding carboxylic acids is 1. The Morgan fingerprint density at radius 1 is 0.923 bits per heavy atom. The van der Waals surface area contributed by atoms with Crippen molar-refractivity contribution in [1.82, 2.24) is 4.90 Å². The van der Waals surface area contributed by atoms with Crippen molar-refractivity contribution < 1.29 is 18.0 Å². The van der Waals surface area contributed by atoms with Crippen molar-refractivity contribution >= 4 is 11.5 Å². The van der Waals surface area contributed by atoms with E-state index in [-0.39, 0.29) is 5.56 Å². The van der Waals surface area contributed by atoms with E-state index in [0.29, 0.717) is 19.0 Å². The lowest BCUT2D eigenvalue weighted by Crippen LogP contribution is -2.37. The Bertz CT molecular complexity index is 761. The zero-order valence-corrected chi connectivity index (χ0v) is 14.2. The van der Waals surface area contributed by atoms with Crippen LogP contribution in [0.15, 0.2) is 66.7 Å². The van der Waals surface area contributed by atoms with Crippen LogP contribution in [0.1, 0.15) is 29.9 Å². The van der Waals surface area contributed by atoms with Crippen LogP contribution in [-0.4, -0.2) is 30.1 Å². The van der Waals surface area contributed by atoms with Gasteiger partial charge in [0.2, 0.25) is 5.91 Å². The van der Waals surface area contributed by atoms with E-state index < -0.39 is 17.7 Å². The van der Waals surface area contributed by atoms with Gasteiger partial charge in [-0.3, -0.25) is 4.79 Å². The number of carbonyl (C=O) groups is 1. The van der Waals surface area contributed by atoms with Gasteiger partial charge in [0.25, 0.3) is 0 Å². The zero-order chi connectivity index (χ0) is 18.6. The van der Waals surface area contributed by atoms with Gasteiger partial charge in [0.05, 0.1) is 5.57 Å². The third-order valence-electron chi connectivity index (χ3n) is 4.74. The number of likely N-dealkylation sites (tertiary alicyclic amines) is 1. The van der Waals surface area contributed by atoms with Gasteiger partial charge in [-0.15, -0.1) is 0 Å². The van der Waals surface area contributed by atoms with E-state index in [1.165, 1.54) is 34.7 Å². The molecule has 5 heteroatoms. The normalized spacial score (nSPS) is 16.6. The van der Waals surface area contributed by atoms with Crippen molar-refractivity contribution in [2.24, 2.45) is 0 Å². The molecule has 26 heavy (non-hydrogen) atoms. The van der Waals surface area contributed by atoms with E-state index >= 15 is 0 Å². The summed E-state index contributed by atoms with van der Waals surface area (Å²) < 4.78 is 40.1. The molecule has 2 aromatic carbocycles. The molecule has 0 saturated carbocycles. The minimum absolute atomic E-state index is 0.00696. The molecular weight excluding hydrogens is 339 g/mol. The first-order chi connectivity index (χ1) is 12.4. The monoisotopic (exact) mass is 359 g/mol. The Balaban J connectivity index is 1.72. The SMILES string of the molecule is O=C(/C=C(\c1ccccc1)C(F)(F)F)N1CCC(c2ccccc2)CC1. The summed E-state index contributed by atoms with van der Waals surface area (Å²) in [6.07, 6.45) is -2.32. The van der Waals surface area contributed by atoms with Crippen molar-refractivity contribution in [1.29, 1.82) is 0 Å². The molecule has 2 aromatic rings. The molecule has 1 fully saturated rings. The summed E-state index contributed by atoms with van der Waals surface area (Å²) in [5, 5.41) is 0. The van der Waals surface area contributed by atoms with Gasteiger partial charge in [0.1, 0.15) is 0 Å². The summed E-state index contributed by atoms with van der Waals surface area (Å²) in [7, 11) is 0. The Hall–Kier alpha value is -2.56. The van der Waals surface area contributed by atoms with Crippen molar-refractivity contribution in [3.05, 3.63) is 77.9 Å². The van der Waals surface area contributed by atoms with Gasteiger partial charge in [-0.05, 0) is 29.9 Å². The summed E-state index contributed by atoms with van der Waals surface area (Å²) in [6, 6.07) is 17.5. The van der Waals surface area contributed by atoms with Gasteiger partial charge in [-0.25, -0.2) is 0 Å². The predicted octanol–water partition coefficient (Wildman–Crippen LogP) is 5.04. The molecule has 1 saturated heterocycles. The average Bonchev–Trinajstić information content (AvgIpc) is 2.66. The average molecular weight is 359 g/mol. The first-order valence-corrected chi connectivity index (χ1v) is 8.63. The second-order valence-electron chi connectivity index (χ2n) is 6.43. The summed E-state index contributed by atoms with van der Waals surface area (Å²) in [5.41, 5.74) is 0.330. The molecule has 0 unspecified atom stereocenters. The molecule has 0 atom stereocenters. The molecule has 0 radical (unpaired) electrons. The first-order valence-electron chi connectivity index (χ1n) is 8.63. The van der Waals surface area contributed by atoms with E-state index in [1.807, 2.05) is 18.2 Å². The van der Waals surface area contributed by atoms with Gasteiger partial charge in [0.15, 0.2) is 0 Å². The highest BCUT2D eigenvalue weighted by molar-refractivity contribution is 5.96. The largest absolute Gasteiger partial charge is 0.417 e. The maximum absolute atomic E-state index is 13.4. The van der Waals surface area contributed by atoms with Crippen molar-refractivity contribution in [3.8, 4) is 0 Å². The number of nitrogens with zero attached hydrogens (tertiary/aromatic N) is 1. The fourth-order valence-electron chi connectivity index (χ4n) is 3.32. The Morgan fingerprint density at radius 3 is 2.00 bits per heavy atom. The Morgan fingerprint density at radius 2 is 1.46 bits per heavy atom. The predicted molar refractivity (Wildman–Crippen MR) is 95.5 cm³/mol. The van der Waals surface area contributed by atoms with Crippen molar-refractivity contribution in [3.63, 3.8) is 0 Å². The maximum Gasteiger partial charge on any atom is 0.417 e. The Kier molecular flexibility index (Phi) is 5.45. The van der Waals surface area contributed by atoms with Crippen LogP contribution in [0.5, 0.6) is 0 Å². The summed E-state index contributed by atoms with van der Waals surface area (Å²) in [4.78, 5) is 13.9. The van der Waals surface area contributed by atoms with E-state index in [0.717, 1.165) is 18.9 Å². The zero-order valence-electron chi connectivity index (χ0n) is 14.2. The van der Waals surface area contributed by atoms with E-state index in [4.69, 9.17) is 0 Å². The van der Waals surface area contributed by atoms with Gasteiger partial charge < -0.3 is 4.90 Å². The molecule has 1 heterocycles. The molecule has 2 nitrogen and oxygen atoms in total. The number of halogens is 3. The number of hydrogen-bond acceptors (Lipinski definition) is 1. The highest BCUT2D eigenvalue weighted by Gasteiger charge is 2.36.